The second-order valence-corrected chi connectivity index (χ2v) is 6.83. The van der Waals surface area contributed by atoms with Crippen LogP contribution >= 0.6 is 0 Å². The molecule has 0 aromatic carbocycles. The summed E-state index contributed by atoms with van der Waals surface area (Å²) in [5.74, 6) is 1.88. The molecule has 0 spiro atoms. The number of aromatic nitrogens is 4. The largest absolute Gasteiger partial charge is 0.364 e. The average Bonchev–Trinajstić information content (AvgIpc) is 3.23. The summed E-state index contributed by atoms with van der Waals surface area (Å²) in [7, 11) is 0. The van der Waals surface area contributed by atoms with Gasteiger partial charge >= 0.3 is 0 Å². The maximum Gasteiger partial charge on any atom is 0.133 e. The van der Waals surface area contributed by atoms with Gasteiger partial charge in [0.1, 0.15) is 11.6 Å². The minimum Gasteiger partial charge on any atom is -0.364 e. The first-order valence-corrected chi connectivity index (χ1v) is 8.94. The molecule has 0 saturated heterocycles. The lowest BCUT2D eigenvalue weighted by Crippen LogP contribution is -2.14. The van der Waals surface area contributed by atoms with E-state index in [-0.39, 0.29) is 0 Å². The van der Waals surface area contributed by atoms with Gasteiger partial charge in [0.05, 0.1) is 18.3 Å². The molecule has 23 heavy (non-hydrogen) atoms. The van der Waals surface area contributed by atoms with E-state index in [0.717, 1.165) is 36.7 Å². The SMILES string of the molecule is Cc1nc2c(c(NCc3ccn(C4CCCC4)n3)n1)CCCC2. The fourth-order valence-electron chi connectivity index (χ4n) is 3.88. The highest BCUT2D eigenvalue weighted by atomic mass is 15.3. The zero-order chi connectivity index (χ0) is 15.6. The van der Waals surface area contributed by atoms with E-state index >= 15 is 0 Å². The Balaban J connectivity index is 1.48. The van der Waals surface area contributed by atoms with E-state index in [0.29, 0.717) is 6.04 Å². The Morgan fingerprint density at radius 3 is 2.83 bits per heavy atom. The zero-order valence-corrected chi connectivity index (χ0v) is 13.9. The van der Waals surface area contributed by atoms with Crippen molar-refractivity contribution >= 4 is 5.82 Å². The fraction of sp³-hybridized carbons (Fsp3) is 0.611. The van der Waals surface area contributed by atoms with Crippen LogP contribution in [0.5, 0.6) is 0 Å². The van der Waals surface area contributed by atoms with E-state index in [1.807, 2.05) is 6.92 Å². The molecule has 2 aliphatic carbocycles. The van der Waals surface area contributed by atoms with Crippen LogP contribution in [0, 0.1) is 6.92 Å². The predicted octanol–water partition coefficient (Wildman–Crippen LogP) is 3.59. The number of nitrogens with zero attached hydrogens (tertiary/aromatic N) is 4. The van der Waals surface area contributed by atoms with E-state index in [1.165, 1.54) is 49.8 Å². The van der Waals surface area contributed by atoms with Gasteiger partial charge in [-0.1, -0.05) is 12.8 Å². The lowest BCUT2D eigenvalue weighted by molar-refractivity contribution is 0.463. The number of rotatable bonds is 4. The highest BCUT2D eigenvalue weighted by Gasteiger charge is 2.19. The third-order valence-electron chi connectivity index (χ3n) is 5.09. The quantitative estimate of drug-likeness (QED) is 0.937. The molecule has 0 aliphatic heterocycles. The standard InChI is InChI=1S/C18H25N5/c1-13-20-17-9-5-4-8-16(17)18(21-13)19-12-14-10-11-23(22-14)15-6-2-3-7-15/h10-11,15H,2-9,12H2,1H3,(H,19,20,21). The second-order valence-electron chi connectivity index (χ2n) is 6.83. The summed E-state index contributed by atoms with van der Waals surface area (Å²) in [6, 6.07) is 2.74. The summed E-state index contributed by atoms with van der Waals surface area (Å²) in [4.78, 5) is 9.24. The Morgan fingerprint density at radius 2 is 1.96 bits per heavy atom. The van der Waals surface area contributed by atoms with Crippen molar-refractivity contribution in [3.8, 4) is 0 Å². The molecule has 1 N–H and O–H groups in total. The minimum atomic E-state index is 0.609. The van der Waals surface area contributed by atoms with Gasteiger partial charge in [-0.3, -0.25) is 4.68 Å². The number of anilines is 1. The lowest BCUT2D eigenvalue weighted by Gasteiger charge is -2.19. The molecule has 122 valence electrons. The molecule has 1 fully saturated rings. The molecule has 2 aliphatic rings. The van der Waals surface area contributed by atoms with Crippen molar-refractivity contribution in [1.82, 2.24) is 19.7 Å². The molecule has 2 heterocycles. The van der Waals surface area contributed by atoms with Crippen molar-refractivity contribution in [2.75, 3.05) is 5.32 Å². The number of fused-ring (bicyclic) bond motifs is 1. The summed E-state index contributed by atoms with van der Waals surface area (Å²) in [5, 5.41) is 8.26. The monoisotopic (exact) mass is 311 g/mol. The Hall–Kier alpha value is -1.91. The Morgan fingerprint density at radius 1 is 1.13 bits per heavy atom. The van der Waals surface area contributed by atoms with Crippen LogP contribution in [-0.4, -0.2) is 19.7 Å². The molecular formula is C18H25N5. The van der Waals surface area contributed by atoms with Gasteiger partial charge in [0.2, 0.25) is 0 Å². The topological polar surface area (TPSA) is 55.6 Å². The summed E-state index contributed by atoms with van der Waals surface area (Å²) in [6.45, 7) is 2.72. The Kier molecular flexibility index (Phi) is 4.02. The summed E-state index contributed by atoms with van der Waals surface area (Å²) in [5.41, 5.74) is 3.65. The number of nitrogens with one attached hydrogen (secondary N) is 1. The van der Waals surface area contributed by atoms with E-state index in [2.05, 4.69) is 32.2 Å². The maximum atomic E-state index is 4.75. The first-order chi connectivity index (χ1) is 11.3. The minimum absolute atomic E-state index is 0.609. The third-order valence-corrected chi connectivity index (χ3v) is 5.09. The van der Waals surface area contributed by atoms with Crippen LogP contribution in [0.15, 0.2) is 12.3 Å². The number of aryl methyl sites for hydroxylation is 2. The highest BCUT2D eigenvalue weighted by Crippen LogP contribution is 2.29. The van der Waals surface area contributed by atoms with Crippen LogP contribution in [0.1, 0.15) is 67.3 Å². The molecular weight excluding hydrogens is 286 g/mol. The lowest BCUT2D eigenvalue weighted by atomic mass is 9.96. The Labute approximate surface area is 137 Å². The smallest absolute Gasteiger partial charge is 0.133 e. The molecule has 0 unspecified atom stereocenters. The molecule has 5 heteroatoms. The van der Waals surface area contributed by atoms with E-state index in [1.54, 1.807) is 0 Å². The first kappa shape index (κ1) is 14.7. The molecule has 0 atom stereocenters. The van der Waals surface area contributed by atoms with Gasteiger partial charge in [-0.15, -0.1) is 0 Å². The van der Waals surface area contributed by atoms with Crippen molar-refractivity contribution in [3.05, 3.63) is 35.0 Å². The van der Waals surface area contributed by atoms with Crippen LogP contribution < -0.4 is 5.32 Å². The van der Waals surface area contributed by atoms with E-state index < -0.39 is 0 Å². The van der Waals surface area contributed by atoms with Gasteiger partial charge in [-0.25, -0.2) is 9.97 Å². The summed E-state index contributed by atoms with van der Waals surface area (Å²) >= 11 is 0. The van der Waals surface area contributed by atoms with Crippen molar-refractivity contribution < 1.29 is 0 Å². The normalized spacial score (nSPS) is 18.1. The molecule has 5 nitrogen and oxygen atoms in total. The first-order valence-electron chi connectivity index (χ1n) is 8.94. The van der Waals surface area contributed by atoms with Gasteiger partial charge in [-0.05, 0) is 51.5 Å². The van der Waals surface area contributed by atoms with Crippen molar-refractivity contribution in [3.63, 3.8) is 0 Å². The molecule has 2 aromatic rings. The van der Waals surface area contributed by atoms with Gasteiger partial charge < -0.3 is 5.32 Å². The van der Waals surface area contributed by atoms with Crippen molar-refractivity contribution in [2.24, 2.45) is 0 Å². The number of hydrogen-bond acceptors (Lipinski definition) is 4. The molecule has 1 saturated carbocycles. The second kappa shape index (κ2) is 6.30. The molecule has 0 bridgehead atoms. The Bertz CT molecular complexity index is 685. The van der Waals surface area contributed by atoms with Crippen LogP contribution in [0.2, 0.25) is 0 Å². The predicted molar refractivity (Wildman–Crippen MR) is 90.5 cm³/mol. The van der Waals surface area contributed by atoms with Crippen LogP contribution in [0.3, 0.4) is 0 Å². The van der Waals surface area contributed by atoms with Crippen molar-refractivity contribution in [1.29, 1.82) is 0 Å². The summed E-state index contributed by atoms with van der Waals surface area (Å²) in [6.07, 6.45) is 12.0. The van der Waals surface area contributed by atoms with Gasteiger partial charge in [0.15, 0.2) is 0 Å². The third kappa shape index (κ3) is 3.09. The van der Waals surface area contributed by atoms with E-state index in [9.17, 15) is 0 Å². The zero-order valence-electron chi connectivity index (χ0n) is 13.9. The number of hydrogen-bond donors (Lipinski definition) is 1. The average molecular weight is 311 g/mol. The molecule has 0 radical (unpaired) electrons. The maximum absolute atomic E-state index is 4.75. The van der Waals surface area contributed by atoms with Crippen LogP contribution in [-0.2, 0) is 19.4 Å². The molecule has 2 aromatic heterocycles. The van der Waals surface area contributed by atoms with Gasteiger partial charge in [0, 0.05) is 17.5 Å². The fourth-order valence-corrected chi connectivity index (χ4v) is 3.88. The van der Waals surface area contributed by atoms with Gasteiger partial charge in [0.25, 0.3) is 0 Å². The van der Waals surface area contributed by atoms with Crippen LogP contribution in [0.4, 0.5) is 5.82 Å². The molecule has 4 rings (SSSR count). The summed E-state index contributed by atoms with van der Waals surface area (Å²) < 4.78 is 2.16. The van der Waals surface area contributed by atoms with E-state index in [4.69, 9.17) is 5.10 Å². The molecule has 0 amide bonds. The van der Waals surface area contributed by atoms with Crippen molar-refractivity contribution in [2.45, 2.75) is 70.9 Å². The highest BCUT2D eigenvalue weighted by molar-refractivity contribution is 5.48. The van der Waals surface area contributed by atoms with Gasteiger partial charge in [-0.2, -0.15) is 5.10 Å². The van der Waals surface area contributed by atoms with Crippen LogP contribution in [0.25, 0.3) is 0 Å².